The third-order valence-corrected chi connectivity index (χ3v) is 5.50. The number of pyridine rings is 1. The van der Waals surface area contributed by atoms with E-state index in [4.69, 9.17) is 4.98 Å². The highest BCUT2D eigenvalue weighted by molar-refractivity contribution is 5.85. The van der Waals surface area contributed by atoms with Gasteiger partial charge in [-0.25, -0.2) is 4.98 Å². The molecule has 0 aliphatic carbocycles. The number of amides is 1. The van der Waals surface area contributed by atoms with Gasteiger partial charge in [0.1, 0.15) is 11.9 Å². The number of aryl methyl sites for hydroxylation is 1. The molecule has 1 saturated heterocycles. The maximum Gasteiger partial charge on any atom is 0.234 e. The van der Waals surface area contributed by atoms with Crippen molar-refractivity contribution in [1.82, 2.24) is 19.6 Å². The molecule has 0 atom stereocenters. The molecule has 3 aromatic rings. The minimum absolute atomic E-state index is 0.0949. The number of anilines is 1. The second-order valence-electron chi connectivity index (χ2n) is 7.55. The molecular formula is C22H26N6O. The van der Waals surface area contributed by atoms with E-state index in [0.717, 1.165) is 61.6 Å². The molecule has 1 fully saturated rings. The number of benzene rings is 1. The van der Waals surface area contributed by atoms with Gasteiger partial charge in [-0.2, -0.15) is 5.26 Å². The normalized spacial score (nSPS) is 15.0. The van der Waals surface area contributed by atoms with Crippen LogP contribution in [0.5, 0.6) is 0 Å². The van der Waals surface area contributed by atoms with E-state index in [1.54, 1.807) is 0 Å². The zero-order valence-corrected chi connectivity index (χ0v) is 17.0. The molecule has 7 heteroatoms. The van der Waals surface area contributed by atoms with Gasteiger partial charge in [0.05, 0.1) is 23.1 Å². The van der Waals surface area contributed by atoms with Crippen molar-refractivity contribution < 1.29 is 4.79 Å². The molecule has 1 aliphatic rings. The molecule has 0 bridgehead atoms. The van der Waals surface area contributed by atoms with Crippen LogP contribution in [0.2, 0.25) is 0 Å². The largest absolute Gasteiger partial charge is 0.355 e. The number of nitriles is 1. The fraction of sp³-hybridized carbons (Fsp3) is 0.409. The fourth-order valence-electron chi connectivity index (χ4n) is 3.96. The molecule has 7 nitrogen and oxygen atoms in total. The lowest BCUT2D eigenvalue weighted by molar-refractivity contribution is -0.122. The van der Waals surface area contributed by atoms with Gasteiger partial charge in [-0.3, -0.25) is 14.1 Å². The van der Waals surface area contributed by atoms with Gasteiger partial charge in [0.2, 0.25) is 5.91 Å². The summed E-state index contributed by atoms with van der Waals surface area (Å²) >= 11 is 0. The lowest BCUT2D eigenvalue weighted by Gasteiger charge is -2.36. The smallest absolute Gasteiger partial charge is 0.234 e. The fourth-order valence-corrected chi connectivity index (χ4v) is 3.96. The van der Waals surface area contributed by atoms with Gasteiger partial charge in [0.15, 0.2) is 5.65 Å². The molecule has 1 aromatic carbocycles. The third-order valence-electron chi connectivity index (χ3n) is 5.50. The third kappa shape index (κ3) is 3.64. The van der Waals surface area contributed by atoms with Crippen LogP contribution in [0, 0.1) is 18.3 Å². The van der Waals surface area contributed by atoms with Crippen LogP contribution in [0.1, 0.15) is 24.5 Å². The lowest BCUT2D eigenvalue weighted by Crippen LogP contribution is -2.50. The first-order valence-electron chi connectivity index (χ1n) is 10.2. The summed E-state index contributed by atoms with van der Waals surface area (Å²) in [6, 6.07) is 12.4. The lowest BCUT2D eigenvalue weighted by atomic mass is 10.1. The predicted octanol–water partition coefficient (Wildman–Crippen LogP) is 2.32. The van der Waals surface area contributed by atoms with Crippen molar-refractivity contribution in [3.8, 4) is 6.07 Å². The first kappa shape index (κ1) is 19.2. The first-order chi connectivity index (χ1) is 14.1. The number of piperazine rings is 1. The van der Waals surface area contributed by atoms with Gasteiger partial charge in [0.25, 0.3) is 0 Å². The molecule has 0 radical (unpaired) electrons. The molecule has 2 aromatic heterocycles. The minimum atomic E-state index is 0.0949. The average molecular weight is 390 g/mol. The van der Waals surface area contributed by atoms with Crippen molar-refractivity contribution in [3.63, 3.8) is 0 Å². The number of nitrogens with zero attached hydrogens (tertiary/aromatic N) is 5. The van der Waals surface area contributed by atoms with Gasteiger partial charge < -0.3 is 10.2 Å². The number of hydrogen-bond acceptors (Lipinski definition) is 5. The molecule has 1 amide bonds. The van der Waals surface area contributed by atoms with E-state index < -0.39 is 0 Å². The quantitative estimate of drug-likeness (QED) is 0.724. The van der Waals surface area contributed by atoms with E-state index in [9.17, 15) is 10.1 Å². The van der Waals surface area contributed by atoms with Crippen LogP contribution in [0.4, 0.5) is 5.82 Å². The van der Waals surface area contributed by atoms with Crippen LogP contribution < -0.4 is 10.2 Å². The van der Waals surface area contributed by atoms with Crippen LogP contribution in [0.25, 0.3) is 16.7 Å². The van der Waals surface area contributed by atoms with Crippen LogP contribution in [-0.2, 0) is 4.79 Å². The Kier molecular flexibility index (Phi) is 5.36. The number of rotatable bonds is 5. The number of carbonyl (C=O) groups excluding carboxylic acids is 1. The van der Waals surface area contributed by atoms with E-state index in [1.165, 1.54) is 0 Å². The maximum atomic E-state index is 12.0. The molecule has 0 spiro atoms. The summed E-state index contributed by atoms with van der Waals surface area (Å²) in [7, 11) is 0. The Morgan fingerprint density at radius 1 is 1.24 bits per heavy atom. The van der Waals surface area contributed by atoms with E-state index in [0.29, 0.717) is 17.8 Å². The zero-order valence-electron chi connectivity index (χ0n) is 17.0. The molecule has 1 N–H and O–H groups in total. The highest BCUT2D eigenvalue weighted by Gasteiger charge is 2.23. The maximum absolute atomic E-state index is 12.0. The molecule has 1 aliphatic heterocycles. The zero-order chi connectivity index (χ0) is 20.4. The second-order valence-corrected chi connectivity index (χ2v) is 7.55. The highest BCUT2D eigenvalue weighted by Crippen LogP contribution is 2.29. The Bertz CT molecular complexity index is 1090. The number of aromatic nitrogens is 2. The van der Waals surface area contributed by atoms with Crippen LogP contribution in [-0.4, -0.2) is 59.5 Å². The van der Waals surface area contributed by atoms with Crippen molar-refractivity contribution in [2.45, 2.75) is 20.3 Å². The number of fused-ring (bicyclic) bond motifs is 3. The first-order valence-corrected chi connectivity index (χ1v) is 10.2. The molecular weight excluding hydrogens is 364 g/mol. The summed E-state index contributed by atoms with van der Waals surface area (Å²) in [4.78, 5) is 21.3. The van der Waals surface area contributed by atoms with E-state index >= 15 is 0 Å². The summed E-state index contributed by atoms with van der Waals surface area (Å²) in [5.74, 6) is 1.15. The summed E-state index contributed by atoms with van der Waals surface area (Å²) in [5.41, 5.74) is 4.17. The Morgan fingerprint density at radius 2 is 2.00 bits per heavy atom. The molecule has 0 saturated carbocycles. The summed E-state index contributed by atoms with van der Waals surface area (Å²) in [6.45, 7) is 8.51. The van der Waals surface area contributed by atoms with Gasteiger partial charge in [-0.1, -0.05) is 19.1 Å². The number of hydrogen-bond donors (Lipinski definition) is 1. The van der Waals surface area contributed by atoms with Crippen molar-refractivity contribution in [2.24, 2.45) is 0 Å². The van der Waals surface area contributed by atoms with Crippen molar-refractivity contribution >= 4 is 28.4 Å². The molecule has 0 unspecified atom stereocenters. The van der Waals surface area contributed by atoms with E-state index in [2.05, 4.69) is 38.6 Å². The average Bonchev–Trinajstić information content (AvgIpc) is 3.11. The van der Waals surface area contributed by atoms with E-state index in [1.807, 2.05) is 31.2 Å². The Labute approximate surface area is 170 Å². The van der Waals surface area contributed by atoms with Gasteiger partial charge in [0, 0.05) is 32.7 Å². The van der Waals surface area contributed by atoms with E-state index in [-0.39, 0.29) is 5.91 Å². The molecule has 3 heterocycles. The minimum Gasteiger partial charge on any atom is -0.355 e. The standard InChI is InChI=1S/C22H26N6O/c1-3-8-24-20(29)15-26-9-11-27(12-10-26)21-13-16(2)17(14-23)22-25-18-6-4-5-7-19(18)28(21)22/h4-7,13H,3,8-12,15H2,1-2H3,(H,24,29). The van der Waals surface area contributed by atoms with Gasteiger partial charge in [-0.15, -0.1) is 0 Å². The van der Waals surface area contributed by atoms with Crippen molar-refractivity contribution in [2.75, 3.05) is 44.2 Å². The topological polar surface area (TPSA) is 76.7 Å². The summed E-state index contributed by atoms with van der Waals surface area (Å²) in [6.07, 6.45) is 0.951. The highest BCUT2D eigenvalue weighted by atomic mass is 16.2. The van der Waals surface area contributed by atoms with Crippen LogP contribution in [0.3, 0.4) is 0 Å². The summed E-state index contributed by atoms with van der Waals surface area (Å²) in [5, 5.41) is 12.6. The number of carbonyl (C=O) groups is 1. The molecule has 150 valence electrons. The molecule has 4 rings (SSSR count). The predicted molar refractivity (Wildman–Crippen MR) is 114 cm³/mol. The van der Waals surface area contributed by atoms with Crippen molar-refractivity contribution in [3.05, 3.63) is 41.5 Å². The number of imidazole rings is 1. The van der Waals surface area contributed by atoms with Crippen LogP contribution >= 0.6 is 0 Å². The molecule has 29 heavy (non-hydrogen) atoms. The Balaban J connectivity index is 1.62. The van der Waals surface area contributed by atoms with Crippen LogP contribution in [0.15, 0.2) is 30.3 Å². The van der Waals surface area contributed by atoms with Gasteiger partial charge >= 0.3 is 0 Å². The SMILES string of the molecule is CCCNC(=O)CN1CCN(c2cc(C)c(C#N)c3nc4ccccc4n23)CC1. The number of para-hydroxylation sites is 2. The van der Waals surface area contributed by atoms with Crippen molar-refractivity contribution in [1.29, 1.82) is 5.26 Å². The van der Waals surface area contributed by atoms with Gasteiger partial charge in [-0.05, 0) is 37.1 Å². The Morgan fingerprint density at radius 3 is 2.72 bits per heavy atom. The Hall–Kier alpha value is -3.11. The second kappa shape index (κ2) is 8.10. The summed E-state index contributed by atoms with van der Waals surface area (Å²) < 4.78 is 2.10. The number of nitrogens with one attached hydrogen (secondary N) is 1. The monoisotopic (exact) mass is 390 g/mol.